The zero-order valence-corrected chi connectivity index (χ0v) is 22.2. The molecule has 0 N–H and O–H groups in total. The van der Waals surface area contributed by atoms with Gasteiger partial charge in [0.05, 0.1) is 17.5 Å². The maximum absolute atomic E-state index is 14.5. The number of benzene rings is 2. The summed E-state index contributed by atoms with van der Waals surface area (Å²) in [7, 11) is 0. The molecular weight excluding hydrogens is 504 g/mol. The minimum atomic E-state index is -0.896. The molecule has 3 amide bonds. The van der Waals surface area contributed by atoms with Crippen LogP contribution in [0.15, 0.2) is 48.5 Å². The monoisotopic (exact) mass is 534 g/mol. The highest BCUT2D eigenvalue weighted by atomic mass is 35.5. The van der Waals surface area contributed by atoms with Crippen LogP contribution in [0.5, 0.6) is 5.75 Å². The number of imide groups is 1. The maximum atomic E-state index is 14.5. The van der Waals surface area contributed by atoms with Crippen molar-refractivity contribution >= 4 is 41.0 Å². The van der Waals surface area contributed by atoms with Gasteiger partial charge in [0, 0.05) is 18.5 Å². The van der Waals surface area contributed by atoms with E-state index in [-0.39, 0.29) is 24.8 Å². The van der Waals surface area contributed by atoms with E-state index in [2.05, 4.69) is 0 Å². The van der Waals surface area contributed by atoms with Gasteiger partial charge in [-0.3, -0.25) is 19.2 Å². The fourth-order valence-electron chi connectivity index (χ4n) is 7.77. The average molecular weight is 535 g/mol. The number of carbonyl (C=O) groups excluding carboxylic acids is 4. The van der Waals surface area contributed by atoms with Crippen LogP contribution in [0, 0.1) is 23.2 Å². The summed E-state index contributed by atoms with van der Waals surface area (Å²) in [5, 5.41) is 0.533. The van der Waals surface area contributed by atoms with E-state index in [0.717, 1.165) is 29.7 Å². The van der Waals surface area contributed by atoms with E-state index < -0.39 is 23.3 Å². The molecular formula is C30H31ClN2O5. The molecule has 4 aliphatic carbocycles. The smallest absolute Gasteiger partial charge is 0.308 e. The Hall–Kier alpha value is -3.19. The average Bonchev–Trinajstić information content (AvgIpc) is 3.16. The molecule has 2 aromatic rings. The van der Waals surface area contributed by atoms with Crippen molar-refractivity contribution in [1.82, 2.24) is 4.90 Å². The topological polar surface area (TPSA) is 84.0 Å². The van der Waals surface area contributed by atoms with E-state index in [0.29, 0.717) is 34.2 Å². The van der Waals surface area contributed by atoms with Crippen LogP contribution in [-0.2, 0) is 25.7 Å². The first kappa shape index (κ1) is 25.1. The highest BCUT2D eigenvalue weighted by molar-refractivity contribution is 6.31. The standard InChI is InChI=1S/C30H31ClN2O5/c1-18(34)38-24-8-6-23(7-9-24)33-27(35)13-26(28(33)36)32(17-22-4-2-3-5-25(22)31)29(37)30-14-19-10-20(15-30)12-21(11-19)16-30/h2-9,19-21,26H,10-17H2,1H3. The molecule has 1 atom stereocenters. The number of carbonyl (C=O) groups is 4. The molecule has 5 fully saturated rings. The predicted molar refractivity (Wildman–Crippen MR) is 141 cm³/mol. The largest absolute Gasteiger partial charge is 0.427 e. The molecule has 7 rings (SSSR count). The van der Waals surface area contributed by atoms with Gasteiger partial charge in [-0.1, -0.05) is 29.8 Å². The number of amides is 3. The maximum Gasteiger partial charge on any atom is 0.308 e. The summed E-state index contributed by atoms with van der Waals surface area (Å²) in [6.07, 6.45) is 6.14. The van der Waals surface area contributed by atoms with Crippen molar-refractivity contribution in [1.29, 1.82) is 0 Å². The lowest BCUT2D eigenvalue weighted by molar-refractivity contribution is -0.162. The molecule has 1 heterocycles. The van der Waals surface area contributed by atoms with Crippen molar-refractivity contribution < 1.29 is 23.9 Å². The Balaban J connectivity index is 1.32. The molecule has 0 spiro atoms. The van der Waals surface area contributed by atoms with Crippen LogP contribution in [0.4, 0.5) is 5.69 Å². The number of hydrogen-bond acceptors (Lipinski definition) is 5. The van der Waals surface area contributed by atoms with Gasteiger partial charge in [-0.2, -0.15) is 0 Å². The summed E-state index contributed by atoms with van der Waals surface area (Å²) in [6.45, 7) is 1.49. The van der Waals surface area contributed by atoms with Gasteiger partial charge in [-0.15, -0.1) is 0 Å². The van der Waals surface area contributed by atoms with Crippen LogP contribution >= 0.6 is 11.6 Å². The molecule has 1 aliphatic heterocycles. The Morgan fingerprint density at radius 3 is 2.16 bits per heavy atom. The zero-order chi connectivity index (χ0) is 26.6. The third kappa shape index (κ3) is 4.41. The number of nitrogens with zero attached hydrogens (tertiary/aromatic N) is 2. The Labute approximate surface area is 227 Å². The van der Waals surface area contributed by atoms with Gasteiger partial charge in [0.2, 0.25) is 11.8 Å². The third-order valence-corrected chi connectivity index (χ3v) is 9.28. The summed E-state index contributed by atoms with van der Waals surface area (Å²) in [6, 6.07) is 12.7. The molecule has 1 saturated heterocycles. The second-order valence-corrected chi connectivity index (χ2v) is 12.0. The molecule has 5 aliphatic rings. The summed E-state index contributed by atoms with van der Waals surface area (Å²) < 4.78 is 5.08. The van der Waals surface area contributed by atoms with Crippen molar-refractivity contribution in [3.05, 3.63) is 59.1 Å². The number of hydrogen-bond donors (Lipinski definition) is 0. The number of ether oxygens (including phenoxy) is 1. The van der Waals surface area contributed by atoms with E-state index in [1.165, 1.54) is 26.2 Å². The summed E-state index contributed by atoms with van der Waals surface area (Å²) in [5.41, 5.74) is 0.688. The first-order valence-corrected chi connectivity index (χ1v) is 13.8. The van der Waals surface area contributed by atoms with Crippen LogP contribution in [0.1, 0.15) is 57.4 Å². The minimum absolute atomic E-state index is 0.00488. The summed E-state index contributed by atoms with van der Waals surface area (Å²) in [5.74, 6) is 0.804. The first-order valence-electron chi connectivity index (χ1n) is 13.4. The van der Waals surface area contributed by atoms with Crippen molar-refractivity contribution in [3.63, 3.8) is 0 Å². The van der Waals surface area contributed by atoms with Crippen LogP contribution in [-0.4, -0.2) is 34.6 Å². The van der Waals surface area contributed by atoms with Crippen LogP contribution in [0.3, 0.4) is 0 Å². The van der Waals surface area contributed by atoms with Gasteiger partial charge in [0.1, 0.15) is 11.8 Å². The second kappa shape index (κ2) is 9.53. The normalized spacial score (nSPS) is 29.6. The molecule has 1 unspecified atom stereocenters. The lowest BCUT2D eigenvalue weighted by atomic mass is 9.49. The van der Waals surface area contributed by atoms with Gasteiger partial charge in [-0.25, -0.2) is 4.90 Å². The van der Waals surface area contributed by atoms with E-state index in [4.69, 9.17) is 16.3 Å². The molecule has 0 radical (unpaired) electrons. The van der Waals surface area contributed by atoms with Crippen molar-refractivity contribution in [2.75, 3.05) is 4.90 Å². The predicted octanol–water partition coefficient (Wildman–Crippen LogP) is 5.14. The van der Waals surface area contributed by atoms with Gasteiger partial charge in [-0.05, 0) is 92.2 Å². The van der Waals surface area contributed by atoms with E-state index in [1.54, 1.807) is 35.2 Å². The van der Waals surface area contributed by atoms with Gasteiger partial charge >= 0.3 is 5.97 Å². The zero-order valence-electron chi connectivity index (χ0n) is 21.4. The van der Waals surface area contributed by atoms with Crippen molar-refractivity contribution in [2.45, 2.75) is 64.5 Å². The van der Waals surface area contributed by atoms with Crippen LogP contribution < -0.4 is 9.64 Å². The minimum Gasteiger partial charge on any atom is -0.427 e. The Kier molecular flexibility index (Phi) is 6.29. The quantitative estimate of drug-likeness (QED) is 0.291. The van der Waals surface area contributed by atoms with E-state index in [9.17, 15) is 19.2 Å². The van der Waals surface area contributed by atoms with Gasteiger partial charge in [0.15, 0.2) is 0 Å². The second-order valence-electron chi connectivity index (χ2n) is 11.6. The summed E-state index contributed by atoms with van der Waals surface area (Å²) >= 11 is 6.50. The molecule has 198 valence electrons. The number of rotatable bonds is 6. The summed E-state index contributed by atoms with van der Waals surface area (Å²) in [4.78, 5) is 55.6. The number of anilines is 1. The van der Waals surface area contributed by atoms with Gasteiger partial charge in [0.25, 0.3) is 5.91 Å². The lowest BCUT2D eigenvalue weighted by Crippen LogP contribution is -2.57. The first-order chi connectivity index (χ1) is 18.2. The molecule has 4 bridgehead atoms. The molecule has 4 saturated carbocycles. The highest BCUT2D eigenvalue weighted by Gasteiger charge is 2.57. The highest BCUT2D eigenvalue weighted by Crippen LogP contribution is 2.61. The van der Waals surface area contributed by atoms with Crippen molar-refractivity contribution in [2.24, 2.45) is 23.2 Å². The van der Waals surface area contributed by atoms with Crippen LogP contribution in [0.25, 0.3) is 0 Å². The lowest BCUT2D eigenvalue weighted by Gasteiger charge is -2.57. The molecule has 7 nitrogen and oxygen atoms in total. The fourth-order valence-corrected chi connectivity index (χ4v) is 7.97. The number of halogens is 1. The number of esters is 1. The van der Waals surface area contributed by atoms with Crippen molar-refractivity contribution in [3.8, 4) is 5.75 Å². The van der Waals surface area contributed by atoms with E-state index >= 15 is 0 Å². The van der Waals surface area contributed by atoms with Gasteiger partial charge < -0.3 is 9.64 Å². The van der Waals surface area contributed by atoms with E-state index in [1.807, 2.05) is 18.2 Å². The molecule has 8 heteroatoms. The fraction of sp³-hybridized carbons (Fsp3) is 0.467. The molecule has 2 aromatic carbocycles. The molecule has 38 heavy (non-hydrogen) atoms. The van der Waals surface area contributed by atoms with Crippen LogP contribution in [0.2, 0.25) is 5.02 Å². The SMILES string of the molecule is CC(=O)Oc1ccc(N2C(=O)CC(N(Cc3ccccc3Cl)C(=O)C34CC5CC(CC(C5)C3)C4)C2=O)cc1. The molecule has 0 aromatic heterocycles. The Morgan fingerprint density at radius 2 is 1.58 bits per heavy atom. The Morgan fingerprint density at radius 1 is 0.974 bits per heavy atom. The Bertz CT molecular complexity index is 1270. The third-order valence-electron chi connectivity index (χ3n) is 8.91.